The lowest BCUT2D eigenvalue weighted by molar-refractivity contribution is 0.569. The summed E-state index contributed by atoms with van der Waals surface area (Å²) in [5, 5.41) is 11.0. The van der Waals surface area contributed by atoms with Gasteiger partial charge in [0.2, 0.25) is 0 Å². The number of aryl methyl sites for hydroxylation is 2. The molecule has 0 spiro atoms. The van der Waals surface area contributed by atoms with Crippen molar-refractivity contribution in [3.63, 3.8) is 0 Å². The van der Waals surface area contributed by atoms with Gasteiger partial charge in [0.15, 0.2) is 0 Å². The molecule has 17 heavy (non-hydrogen) atoms. The van der Waals surface area contributed by atoms with Gasteiger partial charge < -0.3 is 5.32 Å². The van der Waals surface area contributed by atoms with Crippen molar-refractivity contribution in [2.45, 2.75) is 19.9 Å². The van der Waals surface area contributed by atoms with Crippen molar-refractivity contribution in [2.24, 2.45) is 0 Å². The zero-order valence-electron chi connectivity index (χ0n) is 9.60. The van der Waals surface area contributed by atoms with E-state index in [1.807, 2.05) is 23.9 Å². The van der Waals surface area contributed by atoms with Crippen LogP contribution in [0.1, 0.15) is 12.0 Å². The summed E-state index contributed by atoms with van der Waals surface area (Å²) in [6, 6.07) is 2.05. The van der Waals surface area contributed by atoms with E-state index >= 15 is 0 Å². The summed E-state index contributed by atoms with van der Waals surface area (Å²) in [5.74, 6) is 0.937. The Morgan fingerprint density at radius 3 is 3.06 bits per heavy atom. The zero-order chi connectivity index (χ0) is 12.1. The Kier molecular flexibility index (Phi) is 4.08. The average molecular weight is 296 g/mol. The molecule has 0 aliphatic carbocycles. The van der Waals surface area contributed by atoms with Crippen molar-refractivity contribution in [2.75, 3.05) is 11.9 Å². The van der Waals surface area contributed by atoms with Crippen LogP contribution in [0.25, 0.3) is 0 Å². The highest BCUT2D eigenvalue weighted by molar-refractivity contribution is 9.10. The molecule has 2 rings (SSSR count). The van der Waals surface area contributed by atoms with Crippen molar-refractivity contribution in [1.29, 1.82) is 0 Å². The predicted octanol–water partition coefficient (Wildman–Crippen LogP) is 2.25. The lowest BCUT2D eigenvalue weighted by Crippen LogP contribution is -2.09. The maximum Gasteiger partial charge on any atom is 0.128 e. The van der Waals surface area contributed by atoms with Gasteiger partial charge in [0, 0.05) is 30.0 Å². The molecule has 2 heterocycles. The summed E-state index contributed by atoms with van der Waals surface area (Å²) in [4.78, 5) is 4.32. The minimum absolute atomic E-state index is 0.864. The third-order valence-electron chi connectivity index (χ3n) is 2.37. The van der Waals surface area contributed by atoms with E-state index in [1.54, 1.807) is 12.4 Å². The van der Waals surface area contributed by atoms with E-state index in [0.29, 0.717) is 0 Å². The van der Waals surface area contributed by atoms with Crippen LogP contribution in [-0.2, 0) is 6.54 Å². The van der Waals surface area contributed by atoms with Gasteiger partial charge in [-0.15, -0.1) is 5.10 Å². The van der Waals surface area contributed by atoms with Crippen LogP contribution in [0.5, 0.6) is 0 Å². The third-order valence-corrected chi connectivity index (χ3v) is 2.81. The van der Waals surface area contributed by atoms with E-state index in [-0.39, 0.29) is 0 Å². The van der Waals surface area contributed by atoms with E-state index < -0.39 is 0 Å². The Labute approximate surface area is 108 Å². The van der Waals surface area contributed by atoms with Crippen molar-refractivity contribution < 1.29 is 0 Å². The van der Waals surface area contributed by atoms with Crippen LogP contribution in [0, 0.1) is 6.92 Å². The van der Waals surface area contributed by atoms with Crippen molar-refractivity contribution in [3.05, 3.63) is 34.7 Å². The summed E-state index contributed by atoms with van der Waals surface area (Å²) in [6.07, 6.45) is 6.34. The van der Waals surface area contributed by atoms with Crippen LogP contribution < -0.4 is 5.32 Å². The number of pyridine rings is 1. The van der Waals surface area contributed by atoms with Crippen molar-refractivity contribution >= 4 is 21.7 Å². The van der Waals surface area contributed by atoms with Gasteiger partial charge in [0.05, 0.1) is 6.20 Å². The molecule has 0 aliphatic heterocycles. The topological polar surface area (TPSA) is 55.6 Å². The van der Waals surface area contributed by atoms with E-state index in [4.69, 9.17) is 0 Å². The van der Waals surface area contributed by atoms with Gasteiger partial charge in [0.25, 0.3) is 0 Å². The van der Waals surface area contributed by atoms with Crippen LogP contribution >= 0.6 is 15.9 Å². The largest absolute Gasteiger partial charge is 0.370 e. The van der Waals surface area contributed by atoms with E-state index in [0.717, 1.165) is 35.4 Å². The van der Waals surface area contributed by atoms with Crippen LogP contribution in [0.15, 0.2) is 29.1 Å². The molecule has 1 N–H and O–H groups in total. The first-order valence-corrected chi connectivity index (χ1v) is 6.25. The molecule has 0 atom stereocenters. The molecule has 2 aromatic heterocycles. The Balaban J connectivity index is 1.78. The van der Waals surface area contributed by atoms with Gasteiger partial charge in [-0.2, -0.15) is 0 Å². The Morgan fingerprint density at radius 1 is 1.47 bits per heavy atom. The fourth-order valence-corrected chi connectivity index (χ4v) is 1.97. The molecule has 0 saturated carbocycles. The highest BCUT2D eigenvalue weighted by Crippen LogP contribution is 2.16. The van der Waals surface area contributed by atoms with Crippen LogP contribution in [-0.4, -0.2) is 26.5 Å². The molecule has 0 fully saturated rings. The summed E-state index contributed by atoms with van der Waals surface area (Å²) < 4.78 is 2.83. The molecule has 90 valence electrons. The molecule has 0 radical (unpaired) electrons. The summed E-state index contributed by atoms with van der Waals surface area (Å²) in [6.45, 7) is 3.77. The zero-order valence-corrected chi connectivity index (χ0v) is 11.2. The predicted molar refractivity (Wildman–Crippen MR) is 69.8 cm³/mol. The molecule has 2 aromatic rings. The SMILES string of the molecule is Cc1cc(Br)cnc1NCCCn1ccnn1. The standard InChI is InChI=1S/C11H14BrN5/c1-9-7-10(12)8-14-11(9)13-3-2-5-17-6-4-15-16-17/h4,6-8H,2-3,5H2,1H3,(H,13,14). The minimum Gasteiger partial charge on any atom is -0.370 e. The number of hydrogen-bond donors (Lipinski definition) is 1. The Bertz CT molecular complexity index is 469. The first-order chi connectivity index (χ1) is 8.25. The van der Waals surface area contributed by atoms with Crippen molar-refractivity contribution in [1.82, 2.24) is 20.0 Å². The van der Waals surface area contributed by atoms with E-state index in [1.165, 1.54) is 0 Å². The van der Waals surface area contributed by atoms with Gasteiger partial charge in [-0.1, -0.05) is 5.21 Å². The molecule has 0 aliphatic rings. The van der Waals surface area contributed by atoms with E-state index in [9.17, 15) is 0 Å². The number of nitrogens with one attached hydrogen (secondary N) is 1. The molecule has 0 saturated heterocycles. The van der Waals surface area contributed by atoms with Crippen LogP contribution in [0.4, 0.5) is 5.82 Å². The summed E-state index contributed by atoms with van der Waals surface area (Å²) in [7, 11) is 0. The average Bonchev–Trinajstić information content (AvgIpc) is 2.79. The first-order valence-electron chi connectivity index (χ1n) is 5.46. The normalized spacial score (nSPS) is 10.5. The molecule has 0 unspecified atom stereocenters. The quantitative estimate of drug-likeness (QED) is 0.860. The van der Waals surface area contributed by atoms with E-state index in [2.05, 4.69) is 36.5 Å². The molecule has 0 aromatic carbocycles. The van der Waals surface area contributed by atoms with Gasteiger partial charge in [-0.3, -0.25) is 4.68 Å². The number of anilines is 1. The monoisotopic (exact) mass is 295 g/mol. The first kappa shape index (κ1) is 12.0. The minimum atomic E-state index is 0.864. The number of rotatable bonds is 5. The smallest absolute Gasteiger partial charge is 0.128 e. The summed E-state index contributed by atoms with van der Waals surface area (Å²) in [5.41, 5.74) is 1.14. The molecular weight excluding hydrogens is 282 g/mol. The maximum atomic E-state index is 4.32. The third kappa shape index (κ3) is 3.52. The Morgan fingerprint density at radius 2 is 2.35 bits per heavy atom. The van der Waals surface area contributed by atoms with Gasteiger partial charge in [-0.05, 0) is 40.9 Å². The second kappa shape index (κ2) is 5.77. The maximum absolute atomic E-state index is 4.32. The van der Waals surface area contributed by atoms with Crippen LogP contribution in [0.2, 0.25) is 0 Å². The van der Waals surface area contributed by atoms with Gasteiger partial charge in [0.1, 0.15) is 5.82 Å². The lowest BCUT2D eigenvalue weighted by atomic mass is 10.3. The lowest BCUT2D eigenvalue weighted by Gasteiger charge is -2.08. The molecule has 0 amide bonds. The van der Waals surface area contributed by atoms with Gasteiger partial charge in [-0.25, -0.2) is 4.98 Å². The molecule has 0 bridgehead atoms. The fourth-order valence-electron chi connectivity index (χ4n) is 1.53. The van der Waals surface area contributed by atoms with Crippen molar-refractivity contribution in [3.8, 4) is 0 Å². The van der Waals surface area contributed by atoms with Crippen LogP contribution in [0.3, 0.4) is 0 Å². The number of hydrogen-bond acceptors (Lipinski definition) is 4. The number of halogens is 1. The Hall–Kier alpha value is -1.43. The highest BCUT2D eigenvalue weighted by atomic mass is 79.9. The number of nitrogens with zero attached hydrogens (tertiary/aromatic N) is 4. The highest BCUT2D eigenvalue weighted by Gasteiger charge is 1.99. The molecule has 5 nitrogen and oxygen atoms in total. The molecular formula is C11H14BrN5. The fraction of sp³-hybridized carbons (Fsp3) is 0.364. The summed E-state index contributed by atoms with van der Waals surface area (Å²) >= 11 is 3.40. The molecule has 6 heteroatoms. The second-order valence-corrected chi connectivity index (χ2v) is 4.68. The van der Waals surface area contributed by atoms with Gasteiger partial charge >= 0.3 is 0 Å². The second-order valence-electron chi connectivity index (χ2n) is 3.77. The number of aromatic nitrogens is 4.